The second-order valence-corrected chi connectivity index (χ2v) is 2.39. The molecule has 0 aliphatic heterocycles. The van der Waals surface area contributed by atoms with Crippen LogP contribution in [0.5, 0.6) is 0 Å². The van der Waals surface area contributed by atoms with Gasteiger partial charge in [0.2, 0.25) is 0 Å². The average molecular weight is 243 g/mol. The minimum absolute atomic E-state index is 0.115. The number of alkyl halides is 7. The Balaban J connectivity index is 5.15. The Hall–Kier alpha value is -1.06. The van der Waals surface area contributed by atoms with Gasteiger partial charge in [-0.1, -0.05) is 0 Å². The van der Waals surface area contributed by atoms with Crippen molar-refractivity contribution in [2.75, 3.05) is 6.67 Å². The van der Waals surface area contributed by atoms with Crippen molar-refractivity contribution in [3.05, 3.63) is 0 Å². The first-order chi connectivity index (χ1) is 6.45. The molecule has 0 saturated heterocycles. The highest BCUT2D eigenvalue weighted by molar-refractivity contribution is 5.77. The molecular formula is C5H4F7NO2. The van der Waals surface area contributed by atoms with E-state index in [4.69, 9.17) is 5.11 Å². The van der Waals surface area contributed by atoms with Crippen molar-refractivity contribution < 1.29 is 40.6 Å². The van der Waals surface area contributed by atoms with Gasteiger partial charge in [0.1, 0.15) is 0 Å². The van der Waals surface area contributed by atoms with Crippen LogP contribution in [0.2, 0.25) is 0 Å². The summed E-state index contributed by atoms with van der Waals surface area (Å²) < 4.78 is 82.2. The lowest BCUT2D eigenvalue weighted by molar-refractivity contribution is -0.376. The molecule has 15 heavy (non-hydrogen) atoms. The molecule has 0 aromatic carbocycles. The van der Waals surface area contributed by atoms with Crippen LogP contribution in [0.15, 0.2) is 0 Å². The minimum atomic E-state index is -6.20. The van der Waals surface area contributed by atoms with Crippen LogP contribution in [0.4, 0.5) is 30.7 Å². The second-order valence-electron chi connectivity index (χ2n) is 2.39. The summed E-state index contributed by atoms with van der Waals surface area (Å²) in [5.41, 5.74) is -5.44. The van der Waals surface area contributed by atoms with Gasteiger partial charge in [0.15, 0.2) is 6.67 Å². The molecule has 0 rings (SSSR count). The molecule has 0 aromatic heterocycles. The Morgan fingerprint density at radius 1 is 1.07 bits per heavy atom. The summed E-state index contributed by atoms with van der Waals surface area (Å²) in [6.45, 7) is -2.12. The fourth-order valence-corrected chi connectivity index (χ4v) is 0.538. The maximum Gasteiger partial charge on any atom is 0.446 e. The van der Waals surface area contributed by atoms with Crippen molar-refractivity contribution >= 4 is 5.91 Å². The Morgan fingerprint density at radius 2 is 1.40 bits per heavy atom. The zero-order valence-electron chi connectivity index (χ0n) is 6.71. The lowest BCUT2D eigenvalue weighted by Gasteiger charge is -2.32. The van der Waals surface area contributed by atoms with E-state index in [1.807, 2.05) is 0 Å². The zero-order chi connectivity index (χ0) is 12.5. The average Bonchev–Trinajstić information content (AvgIpc) is 1.99. The van der Waals surface area contributed by atoms with Crippen LogP contribution >= 0.6 is 0 Å². The molecule has 0 saturated carbocycles. The van der Waals surface area contributed by atoms with Crippen molar-refractivity contribution in [1.82, 2.24) is 5.32 Å². The van der Waals surface area contributed by atoms with Gasteiger partial charge in [-0.2, -0.15) is 26.3 Å². The number of carbonyl (C=O) groups is 1. The fourth-order valence-electron chi connectivity index (χ4n) is 0.538. The highest BCUT2D eigenvalue weighted by Gasteiger charge is 2.71. The van der Waals surface area contributed by atoms with E-state index in [0.717, 1.165) is 0 Å². The smallest absolute Gasteiger partial charge is 0.357 e. The Morgan fingerprint density at radius 3 is 1.60 bits per heavy atom. The van der Waals surface area contributed by atoms with E-state index in [9.17, 15) is 35.5 Å². The molecule has 0 aromatic rings. The summed E-state index contributed by atoms with van der Waals surface area (Å²) in [6, 6.07) is 0. The SMILES string of the molecule is O=C(CF)NC(O)(C(F)(F)F)C(F)(F)F. The molecule has 0 spiro atoms. The van der Waals surface area contributed by atoms with Crippen LogP contribution < -0.4 is 5.32 Å². The Bertz CT molecular complexity index is 231. The molecule has 0 bridgehead atoms. The predicted octanol–water partition coefficient (Wildman–Crippen LogP) is 0.885. The molecule has 2 N–H and O–H groups in total. The maximum absolute atomic E-state index is 11.8. The van der Waals surface area contributed by atoms with Crippen LogP contribution in [-0.2, 0) is 4.79 Å². The number of rotatable bonds is 2. The number of aliphatic hydroxyl groups is 1. The van der Waals surface area contributed by atoms with Gasteiger partial charge >= 0.3 is 18.1 Å². The number of hydrogen-bond donors (Lipinski definition) is 2. The highest BCUT2D eigenvalue weighted by Crippen LogP contribution is 2.40. The van der Waals surface area contributed by atoms with Crippen molar-refractivity contribution in [3.63, 3.8) is 0 Å². The van der Waals surface area contributed by atoms with E-state index >= 15 is 0 Å². The Kier molecular flexibility index (Phi) is 3.56. The fraction of sp³-hybridized carbons (Fsp3) is 0.800. The van der Waals surface area contributed by atoms with Gasteiger partial charge in [-0.05, 0) is 0 Å². The number of carbonyl (C=O) groups excluding carboxylic acids is 1. The molecule has 0 radical (unpaired) electrons. The van der Waals surface area contributed by atoms with Crippen LogP contribution in [0.25, 0.3) is 0 Å². The summed E-state index contributed by atoms with van der Waals surface area (Å²) in [6.07, 6.45) is -12.4. The van der Waals surface area contributed by atoms with Crippen LogP contribution in [0.3, 0.4) is 0 Å². The van der Waals surface area contributed by atoms with Gasteiger partial charge in [-0.15, -0.1) is 0 Å². The van der Waals surface area contributed by atoms with Gasteiger partial charge in [0, 0.05) is 0 Å². The minimum Gasteiger partial charge on any atom is -0.357 e. The van der Waals surface area contributed by atoms with E-state index in [-0.39, 0.29) is 5.32 Å². The van der Waals surface area contributed by atoms with Gasteiger partial charge in [0.25, 0.3) is 5.91 Å². The highest BCUT2D eigenvalue weighted by atomic mass is 19.4. The topological polar surface area (TPSA) is 49.3 Å². The summed E-state index contributed by atoms with van der Waals surface area (Å²) in [5.74, 6) is -2.23. The third-order valence-corrected chi connectivity index (χ3v) is 1.26. The van der Waals surface area contributed by atoms with E-state index in [1.165, 1.54) is 0 Å². The number of halogens is 7. The van der Waals surface area contributed by atoms with E-state index < -0.39 is 30.7 Å². The second kappa shape index (κ2) is 3.83. The summed E-state index contributed by atoms with van der Waals surface area (Å²) in [4.78, 5) is 10.1. The maximum atomic E-state index is 11.8. The van der Waals surface area contributed by atoms with Crippen molar-refractivity contribution in [3.8, 4) is 0 Å². The van der Waals surface area contributed by atoms with Gasteiger partial charge in [-0.25, -0.2) is 4.39 Å². The molecule has 1 amide bonds. The first-order valence-corrected chi connectivity index (χ1v) is 3.18. The molecule has 90 valence electrons. The summed E-state index contributed by atoms with van der Waals surface area (Å²) >= 11 is 0. The van der Waals surface area contributed by atoms with E-state index in [1.54, 1.807) is 0 Å². The van der Waals surface area contributed by atoms with E-state index in [2.05, 4.69) is 0 Å². The molecule has 0 heterocycles. The predicted molar refractivity (Wildman–Crippen MR) is 31.2 cm³/mol. The Labute approximate surface area is 77.9 Å². The van der Waals surface area contributed by atoms with E-state index in [0.29, 0.717) is 0 Å². The number of hydrogen-bond acceptors (Lipinski definition) is 2. The molecule has 0 unspecified atom stereocenters. The van der Waals surface area contributed by atoms with Gasteiger partial charge < -0.3 is 10.4 Å². The normalized spacial score (nSPS) is 13.9. The quantitative estimate of drug-likeness (QED) is 0.558. The molecule has 0 atom stereocenters. The summed E-state index contributed by atoms with van der Waals surface area (Å²) in [5, 5.41) is 8.35. The number of nitrogens with one attached hydrogen (secondary N) is 1. The molecule has 0 aliphatic rings. The zero-order valence-corrected chi connectivity index (χ0v) is 6.71. The largest absolute Gasteiger partial charge is 0.446 e. The van der Waals surface area contributed by atoms with Crippen LogP contribution in [-0.4, -0.2) is 35.8 Å². The van der Waals surface area contributed by atoms with Gasteiger partial charge in [-0.3, -0.25) is 4.79 Å². The molecule has 0 aliphatic carbocycles. The molecule has 3 nitrogen and oxygen atoms in total. The van der Waals surface area contributed by atoms with Crippen LogP contribution in [0.1, 0.15) is 0 Å². The first-order valence-electron chi connectivity index (χ1n) is 3.18. The lowest BCUT2D eigenvalue weighted by Crippen LogP contribution is -2.67. The summed E-state index contributed by atoms with van der Waals surface area (Å²) in [7, 11) is 0. The number of amides is 1. The third kappa shape index (κ3) is 2.70. The standard InChI is InChI=1S/C5H4F7NO2/c6-1-2(14)13-3(15,4(7,8)9)5(10,11)12/h15H,1H2,(H,13,14). The van der Waals surface area contributed by atoms with Crippen LogP contribution in [0, 0.1) is 0 Å². The monoisotopic (exact) mass is 243 g/mol. The first kappa shape index (κ1) is 13.9. The van der Waals surface area contributed by atoms with Gasteiger partial charge in [0.05, 0.1) is 0 Å². The van der Waals surface area contributed by atoms with Crippen molar-refractivity contribution in [2.24, 2.45) is 0 Å². The van der Waals surface area contributed by atoms with Crippen molar-refractivity contribution in [2.45, 2.75) is 18.1 Å². The third-order valence-electron chi connectivity index (χ3n) is 1.26. The molecular weight excluding hydrogens is 239 g/mol. The lowest BCUT2D eigenvalue weighted by atomic mass is 10.2. The molecule has 10 heteroatoms. The molecule has 0 fully saturated rings. The van der Waals surface area contributed by atoms with Crippen molar-refractivity contribution in [1.29, 1.82) is 0 Å².